The number of nitrogens with one attached hydrogen (secondary N) is 1. The van der Waals surface area contributed by atoms with E-state index in [2.05, 4.69) is 10.3 Å². The first-order valence-corrected chi connectivity index (χ1v) is 9.97. The second-order valence-electron chi connectivity index (χ2n) is 6.54. The molecule has 0 radical (unpaired) electrons. The molecule has 1 atom stereocenters. The minimum Gasteiger partial charge on any atom is -0.376 e. The second-order valence-corrected chi connectivity index (χ2v) is 7.57. The van der Waals surface area contributed by atoms with Gasteiger partial charge in [0.1, 0.15) is 5.03 Å². The Bertz CT molecular complexity index is 881. The molecule has 7 heteroatoms. The van der Waals surface area contributed by atoms with Gasteiger partial charge >= 0.3 is 0 Å². The number of rotatable bonds is 4. The van der Waals surface area contributed by atoms with E-state index in [1.54, 1.807) is 29.3 Å². The molecule has 1 saturated heterocycles. The summed E-state index contributed by atoms with van der Waals surface area (Å²) in [4.78, 5) is 32.4. The third-order valence-corrected chi connectivity index (χ3v) is 5.86. The number of pyridine rings is 1. The van der Waals surface area contributed by atoms with E-state index >= 15 is 0 Å². The summed E-state index contributed by atoms with van der Waals surface area (Å²) in [5, 5.41) is 3.61. The zero-order valence-electron chi connectivity index (χ0n) is 15.1. The fourth-order valence-corrected chi connectivity index (χ4v) is 4.44. The van der Waals surface area contributed by atoms with Crippen molar-refractivity contribution < 1.29 is 14.3 Å². The summed E-state index contributed by atoms with van der Waals surface area (Å²) in [5.74, 6) is -0.198. The Kier molecular flexibility index (Phi) is 5.13. The first-order valence-electron chi connectivity index (χ1n) is 9.16. The molecule has 2 aliphatic heterocycles. The van der Waals surface area contributed by atoms with Gasteiger partial charge in [-0.05, 0) is 50.1 Å². The number of ether oxygens (including phenoxy) is 1. The lowest BCUT2D eigenvalue weighted by atomic mass is 10.1. The van der Waals surface area contributed by atoms with Gasteiger partial charge in [-0.2, -0.15) is 0 Å². The summed E-state index contributed by atoms with van der Waals surface area (Å²) in [7, 11) is 0. The Morgan fingerprint density at radius 2 is 2.30 bits per heavy atom. The fourth-order valence-electron chi connectivity index (χ4n) is 3.38. The molecule has 6 nitrogen and oxygen atoms in total. The van der Waals surface area contributed by atoms with Crippen molar-refractivity contribution in [2.24, 2.45) is 0 Å². The predicted octanol–water partition coefficient (Wildman–Crippen LogP) is 3.12. The van der Waals surface area contributed by atoms with Crippen LogP contribution in [0.25, 0.3) is 0 Å². The van der Waals surface area contributed by atoms with Crippen LogP contribution in [0, 0.1) is 0 Å². The quantitative estimate of drug-likeness (QED) is 0.878. The molecule has 0 unspecified atom stereocenters. The van der Waals surface area contributed by atoms with Crippen molar-refractivity contribution >= 4 is 29.3 Å². The number of hydrogen-bond donors (Lipinski definition) is 1. The van der Waals surface area contributed by atoms with Gasteiger partial charge in [0.05, 0.1) is 17.4 Å². The Morgan fingerprint density at radius 3 is 3.07 bits per heavy atom. The van der Waals surface area contributed by atoms with E-state index in [9.17, 15) is 9.59 Å². The number of nitrogens with zero attached hydrogens (tertiary/aromatic N) is 2. The van der Waals surface area contributed by atoms with Gasteiger partial charge in [0.2, 0.25) is 0 Å². The van der Waals surface area contributed by atoms with Gasteiger partial charge < -0.3 is 15.0 Å². The van der Waals surface area contributed by atoms with Gasteiger partial charge in [-0.3, -0.25) is 9.59 Å². The first kappa shape index (κ1) is 18.0. The van der Waals surface area contributed by atoms with E-state index in [4.69, 9.17) is 4.74 Å². The molecule has 4 rings (SSSR count). The Hall–Kier alpha value is -2.38. The van der Waals surface area contributed by atoms with Crippen molar-refractivity contribution in [2.45, 2.75) is 35.8 Å². The number of benzene rings is 1. The van der Waals surface area contributed by atoms with E-state index < -0.39 is 0 Å². The maximum Gasteiger partial charge on any atom is 0.261 e. The van der Waals surface area contributed by atoms with E-state index in [0.717, 1.165) is 30.0 Å². The molecule has 3 heterocycles. The monoisotopic (exact) mass is 383 g/mol. The lowest BCUT2D eigenvalue weighted by Gasteiger charge is -2.21. The van der Waals surface area contributed by atoms with Crippen LogP contribution in [0.2, 0.25) is 0 Å². The van der Waals surface area contributed by atoms with Crippen molar-refractivity contribution in [3.05, 3.63) is 47.7 Å². The molecule has 1 aromatic carbocycles. The van der Waals surface area contributed by atoms with E-state index in [1.807, 2.05) is 19.1 Å². The highest BCUT2D eigenvalue weighted by molar-refractivity contribution is 7.99. The molecule has 2 aromatic rings. The standard InChI is InChI=1S/C20H21N3O3S/c1-2-23-16-8-7-13(18(24)22-12-14-5-4-10-26-14)11-17(16)27-19-15(20(23)25)6-3-9-21-19/h3,6-9,11,14H,2,4-5,10,12H2,1H3,(H,22,24)/t14-/m0/s1. The number of aromatic nitrogens is 1. The van der Waals surface area contributed by atoms with Crippen molar-refractivity contribution in [2.75, 3.05) is 24.6 Å². The highest BCUT2D eigenvalue weighted by Crippen LogP contribution is 2.40. The van der Waals surface area contributed by atoms with Crippen LogP contribution in [-0.4, -0.2) is 42.6 Å². The van der Waals surface area contributed by atoms with Crippen molar-refractivity contribution in [1.82, 2.24) is 10.3 Å². The van der Waals surface area contributed by atoms with Crippen molar-refractivity contribution in [3.63, 3.8) is 0 Å². The van der Waals surface area contributed by atoms with Crippen molar-refractivity contribution in [1.29, 1.82) is 0 Å². The number of amides is 2. The van der Waals surface area contributed by atoms with E-state index in [0.29, 0.717) is 29.2 Å². The molecule has 0 bridgehead atoms. The summed E-state index contributed by atoms with van der Waals surface area (Å²) in [6, 6.07) is 9.01. The van der Waals surface area contributed by atoms with E-state index in [1.165, 1.54) is 11.8 Å². The number of hydrogen-bond acceptors (Lipinski definition) is 5. The number of carbonyl (C=O) groups is 2. The van der Waals surface area contributed by atoms with Gasteiger partial charge in [-0.15, -0.1) is 0 Å². The van der Waals surface area contributed by atoms with Crippen LogP contribution in [0.4, 0.5) is 5.69 Å². The molecule has 0 spiro atoms. The Labute approximate surface area is 162 Å². The zero-order chi connectivity index (χ0) is 18.8. The van der Waals surface area contributed by atoms with Crippen LogP contribution in [0.3, 0.4) is 0 Å². The SMILES string of the molecule is CCN1C(=O)c2cccnc2Sc2cc(C(=O)NC[C@@H]3CCCO3)ccc21. The van der Waals surface area contributed by atoms with Gasteiger partial charge in [0.25, 0.3) is 11.8 Å². The molecule has 1 fully saturated rings. The minimum absolute atomic E-state index is 0.0672. The summed E-state index contributed by atoms with van der Waals surface area (Å²) >= 11 is 1.42. The topological polar surface area (TPSA) is 71.5 Å². The third-order valence-electron chi connectivity index (χ3n) is 4.80. The smallest absolute Gasteiger partial charge is 0.261 e. The molecule has 0 saturated carbocycles. The summed E-state index contributed by atoms with van der Waals surface area (Å²) in [6.07, 6.45) is 3.81. The number of carbonyl (C=O) groups excluding carboxylic acids is 2. The zero-order valence-corrected chi connectivity index (χ0v) is 15.9. The van der Waals surface area contributed by atoms with Crippen LogP contribution >= 0.6 is 11.8 Å². The predicted molar refractivity (Wildman–Crippen MR) is 103 cm³/mol. The number of anilines is 1. The summed E-state index contributed by atoms with van der Waals surface area (Å²) < 4.78 is 5.55. The minimum atomic E-state index is -0.131. The summed E-state index contributed by atoms with van der Waals surface area (Å²) in [6.45, 7) is 3.78. The average molecular weight is 383 g/mol. The molecule has 1 N–H and O–H groups in total. The lowest BCUT2D eigenvalue weighted by molar-refractivity contribution is 0.0857. The van der Waals surface area contributed by atoms with Crippen molar-refractivity contribution in [3.8, 4) is 0 Å². The molecule has 140 valence electrons. The highest BCUT2D eigenvalue weighted by Gasteiger charge is 2.27. The molecular formula is C20H21N3O3S. The maximum atomic E-state index is 12.9. The van der Waals surface area contributed by atoms with Gasteiger partial charge in [-0.1, -0.05) is 11.8 Å². The molecular weight excluding hydrogens is 362 g/mol. The van der Waals surface area contributed by atoms with Crippen LogP contribution < -0.4 is 10.2 Å². The normalized spacial score (nSPS) is 18.6. The highest BCUT2D eigenvalue weighted by atomic mass is 32.2. The maximum absolute atomic E-state index is 12.9. The molecule has 27 heavy (non-hydrogen) atoms. The summed E-state index contributed by atoms with van der Waals surface area (Å²) in [5.41, 5.74) is 1.97. The molecule has 2 aliphatic rings. The van der Waals surface area contributed by atoms with Crippen LogP contribution in [0.15, 0.2) is 46.5 Å². The van der Waals surface area contributed by atoms with Gasteiger partial charge in [-0.25, -0.2) is 4.98 Å². The second kappa shape index (κ2) is 7.70. The Balaban J connectivity index is 1.62. The number of fused-ring (bicyclic) bond motifs is 2. The fraction of sp³-hybridized carbons (Fsp3) is 0.350. The largest absolute Gasteiger partial charge is 0.376 e. The van der Waals surface area contributed by atoms with E-state index in [-0.39, 0.29) is 17.9 Å². The molecule has 1 aromatic heterocycles. The molecule has 2 amide bonds. The van der Waals surface area contributed by atoms with Crippen LogP contribution in [0.5, 0.6) is 0 Å². The third kappa shape index (κ3) is 3.57. The first-order chi connectivity index (χ1) is 13.2. The average Bonchev–Trinajstić information content (AvgIpc) is 3.17. The van der Waals surface area contributed by atoms with Gasteiger partial charge in [0.15, 0.2) is 0 Å². The van der Waals surface area contributed by atoms with Crippen LogP contribution in [-0.2, 0) is 4.74 Å². The lowest BCUT2D eigenvalue weighted by Crippen LogP contribution is -2.32. The molecule has 0 aliphatic carbocycles. The van der Waals surface area contributed by atoms with Gasteiger partial charge in [0, 0.05) is 36.4 Å². The van der Waals surface area contributed by atoms with Crippen LogP contribution in [0.1, 0.15) is 40.5 Å². The Morgan fingerprint density at radius 1 is 1.41 bits per heavy atom.